The minimum absolute atomic E-state index is 0.174. The highest BCUT2D eigenvalue weighted by atomic mass is 32.2. The molecule has 4 nitrogen and oxygen atoms in total. The van der Waals surface area contributed by atoms with E-state index in [0.29, 0.717) is 12.0 Å². The van der Waals surface area contributed by atoms with E-state index in [0.717, 1.165) is 32.5 Å². The van der Waals surface area contributed by atoms with Crippen molar-refractivity contribution in [2.75, 3.05) is 31.6 Å². The van der Waals surface area contributed by atoms with Gasteiger partial charge in [0.15, 0.2) is 0 Å². The van der Waals surface area contributed by atoms with E-state index in [2.05, 4.69) is 18.5 Å². The minimum atomic E-state index is -0.403. The number of ether oxygens (including phenoxy) is 1. The van der Waals surface area contributed by atoms with Gasteiger partial charge in [-0.05, 0) is 58.1 Å². The third-order valence-corrected chi connectivity index (χ3v) is 4.26. The normalized spacial score (nSPS) is 18.9. The maximum Gasteiger partial charge on any atom is 0.410 e. The number of carbonyl (C=O) groups is 1. The van der Waals surface area contributed by atoms with Gasteiger partial charge in [0.2, 0.25) is 0 Å². The van der Waals surface area contributed by atoms with Gasteiger partial charge in [-0.1, -0.05) is 6.92 Å². The number of amides is 1. The Kier molecular flexibility index (Phi) is 7.17. The molecule has 1 N–H and O–H groups in total. The van der Waals surface area contributed by atoms with E-state index in [1.54, 1.807) is 0 Å². The van der Waals surface area contributed by atoms with Gasteiger partial charge in [0.05, 0.1) is 0 Å². The second-order valence-electron chi connectivity index (χ2n) is 6.71. The van der Waals surface area contributed by atoms with Crippen LogP contribution in [0.15, 0.2) is 0 Å². The zero-order valence-electron chi connectivity index (χ0n) is 13.6. The molecular weight excluding hydrogens is 272 g/mol. The van der Waals surface area contributed by atoms with Crippen LogP contribution in [0.2, 0.25) is 0 Å². The highest BCUT2D eigenvalue weighted by molar-refractivity contribution is 7.98. The van der Waals surface area contributed by atoms with Crippen LogP contribution >= 0.6 is 11.8 Å². The summed E-state index contributed by atoms with van der Waals surface area (Å²) < 4.78 is 5.41. The van der Waals surface area contributed by atoms with Crippen LogP contribution in [-0.2, 0) is 4.74 Å². The topological polar surface area (TPSA) is 41.6 Å². The van der Waals surface area contributed by atoms with Crippen LogP contribution in [0.4, 0.5) is 4.79 Å². The molecule has 20 heavy (non-hydrogen) atoms. The van der Waals surface area contributed by atoms with Crippen LogP contribution in [0, 0.1) is 5.92 Å². The molecule has 0 aromatic carbocycles. The van der Waals surface area contributed by atoms with E-state index in [1.165, 1.54) is 5.75 Å². The molecule has 0 radical (unpaired) electrons. The number of rotatable bonds is 5. The molecule has 1 heterocycles. The number of hydrogen-bond acceptors (Lipinski definition) is 4. The summed E-state index contributed by atoms with van der Waals surface area (Å²) >= 11 is 1.90. The first-order chi connectivity index (χ1) is 9.31. The zero-order valence-corrected chi connectivity index (χ0v) is 14.4. The Hall–Kier alpha value is -0.420. The van der Waals surface area contributed by atoms with E-state index < -0.39 is 5.60 Å². The van der Waals surface area contributed by atoms with Crippen molar-refractivity contribution < 1.29 is 9.53 Å². The summed E-state index contributed by atoms with van der Waals surface area (Å²) in [6, 6.07) is 0.540. The molecule has 0 aromatic rings. The van der Waals surface area contributed by atoms with E-state index in [4.69, 9.17) is 4.74 Å². The molecule has 5 heteroatoms. The SMILES string of the molecule is CSCC(C)CNC1CCN(C(=O)OC(C)(C)C)CC1. The second-order valence-corrected chi connectivity index (χ2v) is 7.62. The first-order valence-corrected chi connectivity index (χ1v) is 8.91. The molecule has 1 amide bonds. The van der Waals surface area contributed by atoms with Crippen LogP contribution in [0.3, 0.4) is 0 Å². The molecule has 1 aliphatic rings. The molecule has 1 fully saturated rings. The van der Waals surface area contributed by atoms with Gasteiger partial charge in [-0.25, -0.2) is 4.79 Å². The maximum atomic E-state index is 12.0. The Bertz CT molecular complexity index is 297. The number of likely N-dealkylation sites (tertiary alicyclic amines) is 1. The van der Waals surface area contributed by atoms with Crippen LogP contribution in [0.5, 0.6) is 0 Å². The Labute approximate surface area is 128 Å². The van der Waals surface area contributed by atoms with Crippen molar-refractivity contribution in [3.05, 3.63) is 0 Å². The fourth-order valence-electron chi connectivity index (χ4n) is 2.30. The molecule has 0 saturated carbocycles. The van der Waals surface area contributed by atoms with E-state index in [9.17, 15) is 4.79 Å². The molecule has 1 aliphatic heterocycles. The molecule has 1 unspecified atom stereocenters. The van der Waals surface area contributed by atoms with E-state index in [1.807, 2.05) is 37.4 Å². The van der Waals surface area contributed by atoms with Crippen molar-refractivity contribution >= 4 is 17.9 Å². The first-order valence-electron chi connectivity index (χ1n) is 7.52. The number of piperidine rings is 1. The quantitative estimate of drug-likeness (QED) is 0.848. The largest absolute Gasteiger partial charge is 0.444 e. The number of nitrogens with zero attached hydrogens (tertiary/aromatic N) is 1. The molecule has 1 atom stereocenters. The van der Waals surface area contributed by atoms with Crippen molar-refractivity contribution in [3.63, 3.8) is 0 Å². The summed E-state index contributed by atoms with van der Waals surface area (Å²) in [5, 5.41) is 3.62. The molecule has 0 bridgehead atoms. The predicted octanol–water partition coefficient (Wildman–Crippen LogP) is 2.97. The van der Waals surface area contributed by atoms with Crippen molar-refractivity contribution in [2.24, 2.45) is 5.92 Å². The van der Waals surface area contributed by atoms with Gasteiger partial charge >= 0.3 is 6.09 Å². The van der Waals surface area contributed by atoms with Gasteiger partial charge in [0.25, 0.3) is 0 Å². The predicted molar refractivity (Wildman–Crippen MR) is 86.4 cm³/mol. The molecule has 1 saturated heterocycles. The molecule has 0 aromatic heterocycles. The smallest absolute Gasteiger partial charge is 0.410 e. The molecule has 118 valence electrons. The third kappa shape index (κ3) is 6.84. The first kappa shape index (κ1) is 17.6. The van der Waals surface area contributed by atoms with Crippen molar-refractivity contribution in [2.45, 2.75) is 52.2 Å². The van der Waals surface area contributed by atoms with E-state index in [-0.39, 0.29) is 6.09 Å². The van der Waals surface area contributed by atoms with Gasteiger partial charge in [0, 0.05) is 19.1 Å². The molecule has 0 aliphatic carbocycles. The number of nitrogens with one attached hydrogen (secondary N) is 1. The number of hydrogen-bond donors (Lipinski definition) is 1. The average Bonchev–Trinajstić information content (AvgIpc) is 2.35. The summed E-state index contributed by atoms with van der Waals surface area (Å²) in [7, 11) is 0. The summed E-state index contributed by atoms with van der Waals surface area (Å²) in [5.41, 5.74) is -0.403. The summed E-state index contributed by atoms with van der Waals surface area (Å²) in [4.78, 5) is 13.8. The maximum absolute atomic E-state index is 12.0. The molecule has 1 rings (SSSR count). The standard InChI is InChI=1S/C15H30N2O2S/c1-12(11-20-5)10-16-13-6-8-17(9-7-13)14(18)19-15(2,3)4/h12-13,16H,6-11H2,1-5H3. The van der Waals surface area contributed by atoms with Crippen LogP contribution in [0.1, 0.15) is 40.5 Å². The number of carbonyl (C=O) groups excluding carboxylic acids is 1. The highest BCUT2D eigenvalue weighted by Gasteiger charge is 2.26. The van der Waals surface area contributed by atoms with Gasteiger partial charge < -0.3 is 15.0 Å². The summed E-state index contributed by atoms with van der Waals surface area (Å²) in [6.07, 6.45) is 4.01. The third-order valence-electron chi connectivity index (χ3n) is 3.35. The van der Waals surface area contributed by atoms with Gasteiger partial charge in [0.1, 0.15) is 5.60 Å². The van der Waals surface area contributed by atoms with Crippen molar-refractivity contribution in [1.29, 1.82) is 0 Å². The van der Waals surface area contributed by atoms with Crippen LogP contribution in [-0.4, -0.2) is 54.3 Å². The second kappa shape index (κ2) is 8.13. The lowest BCUT2D eigenvalue weighted by Crippen LogP contribution is -2.47. The lowest BCUT2D eigenvalue weighted by Gasteiger charge is -2.34. The number of thioether (sulfide) groups is 1. The fraction of sp³-hybridized carbons (Fsp3) is 0.933. The summed E-state index contributed by atoms with van der Waals surface area (Å²) in [6.45, 7) is 10.7. The lowest BCUT2D eigenvalue weighted by molar-refractivity contribution is 0.0198. The zero-order chi connectivity index (χ0) is 15.2. The molecule has 0 spiro atoms. The Morgan fingerprint density at radius 1 is 1.40 bits per heavy atom. The monoisotopic (exact) mass is 302 g/mol. The van der Waals surface area contributed by atoms with Crippen LogP contribution < -0.4 is 5.32 Å². The highest BCUT2D eigenvalue weighted by Crippen LogP contribution is 2.15. The Balaban J connectivity index is 2.24. The van der Waals surface area contributed by atoms with Crippen molar-refractivity contribution in [3.8, 4) is 0 Å². The Morgan fingerprint density at radius 2 is 2.00 bits per heavy atom. The van der Waals surface area contributed by atoms with Gasteiger partial charge in [-0.3, -0.25) is 0 Å². The van der Waals surface area contributed by atoms with Crippen molar-refractivity contribution in [1.82, 2.24) is 10.2 Å². The summed E-state index contributed by atoms with van der Waals surface area (Å²) in [5.74, 6) is 1.90. The average molecular weight is 302 g/mol. The molecular formula is C15H30N2O2S. The van der Waals surface area contributed by atoms with Gasteiger partial charge in [-0.15, -0.1) is 0 Å². The Morgan fingerprint density at radius 3 is 2.50 bits per heavy atom. The van der Waals surface area contributed by atoms with Gasteiger partial charge in [-0.2, -0.15) is 11.8 Å². The fourth-order valence-corrected chi connectivity index (χ4v) is 2.99. The van der Waals surface area contributed by atoms with E-state index >= 15 is 0 Å². The minimum Gasteiger partial charge on any atom is -0.444 e. The lowest BCUT2D eigenvalue weighted by atomic mass is 10.0. The van der Waals surface area contributed by atoms with Crippen LogP contribution in [0.25, 0.3) is 0 Å².